The van der Waals surface area contributed by atoms with Crippen molar-refractivity contribution in [2.45, 2.75) is 0 Å². The molecule has 0 spiro atoms. The Morgan fingerprint density at radius 2 is 2.45 bits per heavy atom. The summed E-state index contributed by atoms with van der Waals surface area (Å²) in [7, 11) is 0. The van der Waals surface area contributed by atoms with Crippen LogP contribution in [0.15, 0.2) is 24.9 Å². The van der Waals surface area contributed by atoms with Gasteiger partial charge in [0, 0.05) is 12.4 Å². The lowest BCUT2D eigenvalue weighted by Gasteiger charge is -1.92. The van der Waals surface area contributed by atoms with Crippen molar-refractivity contribution < 1.29 is 0 Å². The molecule has 5 heteroatoms. The van der Waals surface area contributed by atoms with Crippen molar-refractivity contribution in [2.24, 2.45) is 0 Å². The fraction of sp³-hybridized carbons (Fsp3) is 0. The minimum atomic E-state index is 0.411. The van der Waals surface area contributed by atoms with E-state index in [4.69, 9.17) is 5.73 Å². The van der Waals surface area contributed by atoms with Crippen LogP contribution in [0.25, 0.3) is 5.82 Å². The maximum absolute atomic E-state index is 5.38. The van der Waals surface area contributed by atoms with E-state index in [0.717, 1.165) is 5.82 Å². The molecule has 0 aliphatic heterocycles. The quantitative estimate of drug-likeness (QED) is 0.607. The SMILES string of the molecule is Nc1ncc(-n2ccnc2)[nH]1. The largest absolute Gasteiger partial charge is 0.369 e. The summed E-state index contributed by atoms with van der Waals surface area (Å²) in [5, 5.41) is 0. The van der Waals surface area contributed by atoms with Crippen LogP contribution in [0.2, 0.25) is 0 Å². The number of aromatic nitrogens is 4. The van der Waals surface area contributed by atoms with E-state index in [-0.39, 0.29) is 0 Å². The molecule has 5 nitrogen and oxygen atoms in total. The maximum Gasteiger partial charge on any atom is 0.199 e. The Morgan fingerprint density at radius 1 is 1.55 bits per heavy atom. The van der Waals surface area contributed by atoms with Gasteiger partial charge in [-0.1, -0.05) is 0 Å². The van der Waals surface area contributed by atoms with Crippen LogP contribution in [0, 0.1) is 0 Å². The van der Waals surface area contributed by atoms with E-state index < -0.39 is 0 Å². The number of H-pyrrole nitrogens is 1. The molecule has 0 fully saturated rings. The number of hydrogen-bond acceptors (Lipinski definition) is 3. The molecule has 0 unspecified atom stereocenters. The van der Waals surface area contributed by atoms with Crippen LogP contribution in [0.5, 0.6) is 0 Å². The van der Waals surface area contributed by atoms with Gasteiger partial charge in [0.2, 0.25) is 0 Å². The molecule has 0 aliphatic rings. The first-order valence-electron chi connectivity index (χ1n) is 3.15. The zero-order chi connectivity index (χ0) is 7.68. The summed E-state index contributed by atoms with van der Waals surface area (Å²) < 4.78 is 1.80. The Balaban J connectivity index is 2.45. The van der Waals surface area contributed by atoms with Crippen LogP contribution >= 0.6 is 0 Å². The van der Waals surface area contributed by atoms with Crippen molar-refractivity contribution >= 4 is 5.95 Å². The Labute approximate surface area is 62.9 Å². The van der Waals surface area contributed by atoms with Gasteiger partial charge in [0.1, 0.15) is 12.1 Å². The van der Waals surface area contributed by atoms with Gasteiger partial charge in [0.25, 0.3) is 0 Å². The zero-order valence-electron chi connectivity index (χ0n) is 5.73. The smallest absolute Gasteiger partial charge is 0.199 e. The second-order valence-electron chi connectivity index (χ2n) is 2.12. The average molecular weight is 149 g/mol. The monoisotopic (exact) mass is 149 g/mol. The number of nitrogens with zero attached hydrogens (tertiary/aromatic N) is 3. The topological polar surface area (TPSA) is 72.5 Å². The molecule has 56 valence electrons. The minimum absolute atomic E-state index is 0.411. The van der Waals surface area contributed by atoms with Gasteiger partial charge in [-0.3, -0.25) is 4.57 Å². The number of nitrogens with one attached hydrogen (secondary N) is 1. The van der Waals surface area contributed by atoms with Crippen molar-refractivity contribution in [1.82, 2.24) is 19.5 Å². The molecule has 11 heavy (non-hydrogen) atoms. The van der Waals surface area contributed by atoms with E-state index >= 15 is 0 Å². The molecule has 0 atom stereocenters. The molecular formula is C6H7N5. The standard InChI is InChI=1S/C6H7N5/c7-6-9-3-5(10-6)11-2-1-8-4-11/h1-4H,(H3,7,9,10). The predicted molar refractivity (Wildman–Crippen MR) is 40.1 cm³/mol. The molecular weight excluding hydrogens is 142 g/mol. The highest BCUT2D eigenvalue weighted by atomic mass is 15.2. The van der Waals surface area contributed by atoms with E-state index in [2.05, 4.69) is 15.0 Å². The van der Waals surface area contributed by atoms with Gasteiger partial charge in [0.15, 0.2) is 5.95 Å². The fourth-order valence-electron chi connectivity index (χ4n) is 0.859. The van der Waals surface area contributed by atoms with Gasteiger partial charge in [-0.05, 0) is 0 Å². The molecule has 2 aromatic heterocycles. The molecule has 0 aliphatic carbocycles. The predicted octanol–water partition coefficient (Wildman–Crippen LogP) is 0.178. The lowest BCUT2D eigenvalue weighted by atomic mass is 10.7. The third-order valence-corrected chi connectivity index (χ3v) is 1.36. The summed E-state index contributed by atoms with van der Waals surface area (Å²) in [6, 6.07) is 0. The highest BCUT2D eigenvalue weighted by Gasteiger charge is 1.96. The lowest BCUT2D eigenvalue weighted by molar-refractivity contribution is 1.01. The van der Waals surface area contributed by atoms with Gasteiger partial charge in [0.05, 0.1) is 6.20 Å². The van der Waals surface area contributed by atoms with E-state index in [1.54, 1.807) is 23.3 Å². The van der Waals surface area contributed by atoms with Crippen molar-refractivity contribution in [2.75, 3.05) is 5.73 Å². The van der Waals surface area contributed by atoms with E-state index in [0.29, 0.717) is 5.95 Å². The number of nitrogen functional groups attached to an aromatic ring is 1. The minimum Gasteiger partial charge on any atom is -0.369 e. The summed E-state index contributed by atoms with van der Waals surface area (Å²) in [5.41, 5.74) is 5.38. The summed E-state index contributed by atoms with van der Waals surface area (Å²) in [6.45, 7) is 0. The molecule has 2 heterocycles. The van der Waals surface area contributed by atoms with Gasteiger partial charge in [-0.25, -0.2) is 9.97 Å². The number of aromatic amines is 1. The van der Waals surface area contributed by atoms with Crippen LogP contribution in [-0.4, -0.2) is 19.5 Å². The molecule has 0 aromatic carbocycles. The second-order valence-corrected chi connectivity index (χ2v) is 2.12. The fourth-order valence-corrected chi connectivity index (χ4v) is 0.859. The second kappa shape index (κ2) is 2.12. The first kappa shape index (κ1) is 5.96. The van der Waals surface area contributed by atoms with Crippen LogP contribution in [0.3, 0.4) is 0 Å². The molecule has 2 aromatic rings. The van der Waals surface area contributed by atoms with Crippen LogP contribution in [0.1, 0.15) is 0 Å². The van der Waals surface area contributed by atoms with Gasteiger partial charge < -0.3 is 10.7 Å². The number of imidazole rings is 2. The number of nitrogens with two attached hydrogens (primary N) is 1. The summed E-state index contributed by atoms with van der Waals surface area (Å²) in [4.78, 5) is 10.6. The first-order valence-corrected chi connectivity index (χ1v) is 3.15. The zero-order valence-corrected chi connectivity index (χ0v) is 5.73. The number of rotatable bonds is 1. The Morgan fingerprint density at radius 3 is 3.00 bits per heavy atom. The van der Waals surface area contributed by atoms with Crippen LogP contribution in [0.4, 0.5) is 5.95 Å². The average Bonchev–Trinajstić information content (AvgIpc) is 2.55. The summed E-state index contributed by atoms with van der Waals surface area (Å²) in [5.74, 6) is 1.23. The summed E-state index contributed by atoms with van der Waals surface area (Å²) >= 11 is 0. The van der Waals surface area contributed by atoms with E-state index in [1.165, 1.54) is 0 Å². The van der Waals surface area contributed by atoms with Crippen LogP contribution < -0.4 is 5.73 Å². The van der Waals surface area contributed by atoms with Gasteiger partial charge >= 0.3 is 0 Å². The molecule has 0 bridgehead atoms. The number of anilines is 1. The first-order chi connectivity index (χ1) is 5.36. The van der Waals surface area contributed by atoms with Gasteiger partial charge in [-0.2, -0.15) is 0 Å². The van der Waals surface area contributed by atoms with Crippen LogP contribution in [-0.2, 0) is 0 Å². The van der Waals surface area contributed by atoms with Crippen molar-refractivity contribution in [3.05, 3.63) is 24.9 Å². The molecule has 0 amide bonds. The third-order valence-electron chi connectivity index (χ3n) is 1.36. The Kier molecular flexibility index (Phi) is 1.15. The molecule has 2 rings (SSSR count). The van der Waals surface area contributed by atoms with Crippen molar-refractivity contribution in [3.63, 3.8) is 0 Å². The molecule has 0 radical (unpaired) electrons. The maximum atomic E-state index is 5.38. The van der Waals surface area contributed by atoms with Gasteiger partial charge in [-0.15, -0.1) is 0 Å². The molecule has 3 N–H and O–H groups in total. The highest BCUT2D eigenvalue weighted by Crippen LogP contribution is 2.03. The normalized spacial score (nSPS) is 10.2. The Hall–Kier alpha value is -1.78. The van der Waals surface area contributed by atoms with Crippen molar-refractivity contribution in [3.8, 4) is 5.82 Å². The summed E-state index contributed by atoms with van der Waals surface area (Å²) in [6.07, 6.45) is 6.83. The number of hydrogen-bond donors (Lipinski definition) is 2. The molecule has 0 saturated heterocycles. The third kappa shape index (κ3) is 0.958. The lowest BCUT2D eigenvalue weighted by Crippen LogP contribution is -1.90. The highest BCUT2D eigenvalue weighted by molar-refractivity contribution is 5.28. The van der Waals surface area contributed by atoms with E-state index in [1.807, 2.05) is 6.20 Å². The Bertz CT molecular complexity index is 333. The van der Waals surface area contributed by atoms with E-state index in [9.17, 15) is 0 Å². The molecule has 0 saturated carbocycles. The van der Waals surface area contributed by atoms with Crippen molar-refractivity contribution in [1.29, 1.82) is 0 Å².